The Bertz CT molecular complexity index is 965. The highest BCUT2D eigenvalue weighted by molar-refractivity contribution is 7.89. The number of nitrogens with one attached hydrogen (secondary N) is 1. The van der Waals surface area contributed by atoms with Gasteiger partial charge in [-0.05, 0) is 54.1 Å². The van der Waals surface area contributed by atoms with Gasteiger partial charge in [-0.25, -0.2) is 8.42 Å². The zero-order valence-electron chi connectivity index (χ0n) is 18.5. The highest BCUT2D eigenvalue weighted by Gasteiger charge is 2.25. The molecule has 0 bridgehead atoms. The number of sulfonamides is 1. The third-order valence-corrected chi connectivity index (χ3v) is 8.43. The number of thiophene rings is 1. The number of likely N-dealkylation sites (N-methyl/N-ethyl adjacent to an activating group) is 1. The molecule has 31 heavy (non-hydrogen) atoms. The van der Waals surface area contributed by atoms with Crippen molar-refractivity contribution in [2.45, 2.75) is 31.6 Å². The van der Waals surface area contributed by atoms with Gasteiger partial charge in [0.15, 0.2) is 0 Å². The largest absolute Gasteiger partial charge is 0.367 e. The van der Waals surface area contributed by atoms with E-state index in [1.165, 1.54) is 4.31 Å². The van der Waals surface area contributed by atoms with Gasteiger partial charge in [0.2, 0.25) is 15.9 Å². The van der Waals surface area contributed by atoms with E-state index >= 15 is 0 Å². The Balaban J connectivity index is 1.87. The first kappa shape index (κ1) is 23.7. The fourth-order valence-corrected chi connectivity index (χ4v) is 5.90. The van der Waals surface area contributed by atoms with Crippen LogP contribution in [0.2, 0.25) is 0 Å². The Labute approximate surface area is 189 Å². The second-order valence-electron chi connectivity index (χ2n) is 7.74. The predicted molar refractivity (Wildman–Crippen MR) is 128 cm³/mol. The van der Waals surface area contributed by atoms with E-state index in [1.54, 1.807) is 23.5 Å². The van der Waals surface area contributed by atoms with Crippen LogP contribution in [0.5, 0.6) is 0 Å². The molecule has 1 aliphatic rings. The summed E-state index contributed by atoms with van der Waals surface area (Å²) < 4.78 is 27.5. The predicted octanol–water partition coefficient (Wildman–Crippen LogP) is 3.10. The van der Waals surface area contributed by atoms with Gasteiger partial charge in [0.25, 0.3) is 0 Å². The summed E-state index contributed by atoms with van der Waals surface area (Å²) in [4.78, 5) is 17.4. The molecule has 0 atom stereocenters. The molecule has 1 N–H and O–H groups in total. The van der Waals surface area contributed by atoms with Crippen LogP contribution >= 0.6 is 11.3 Å². The summed E-state index contributed by atoms with van der Waals surface area (Å²) in [6.45, 7) is 7.96. The number of amides is 1. The van der Waals surface area contributed by atoms with Crippen LogP contribution in [0.3, 0.4) is 0 Å². The molecule has 0 saturated carbocycles. The van der Waals surface area contributed by atoms with Crippen molar-refractivity contribution in [2.75, 3.05) is 56.5 Å². The van der Waals surface area contributed by atoms with E-state index in [4.69, 9.17) is 0 Å². The number of aryl methyl sites for hydroxylation is 1. The standard InChI is InChI=1S/C22H32N4O3S2/c1-4-26(5-2)31(28,29)19-7-8-21(25-13-11-24(3)12-14-25)20(16-19)23-22(27)9-6-18-10-15-30-17-18/h7-8,10,15-17H,4-6,9,11-14H2,1-3H3,(H,23,27). The SMILES string of the molecule is CCN(CC)S(=O)(=O)c1ccc(N2CCN(C)CC2)c(NC(=O)CCc2ccsc2)c1. The quantitative estimate of drug-likeness (QED) is 0.617. The fourth-order valence-electron chi connectivity index (χ4n) is 3.72. The first-order chi connectivity index (χ1) is 14.8. The Hall–Kier alpha value is -1.94. The van der Waals surface area contributed by atoms with Gasteiger partial charge < -0.3 is 15.1 Å². The molecular formula is C22H32N4O3S2. The van der Waals surface area contributed by atoms with Crippen LogP contribution in [0, 0.1) is 0 Å². The number of carbonyl (C=O) groups is 1. The zero-order valence-corrected chi connectivity index (χ0v) is 20.1. The number of rotatable bonds is 9. The van der Waals surface area contributed by atoms with Crippen LogP contribution in [0.4, 0.5) is 11.4 Å². The van der Waals surface area contributed by atoms with E-state index in [9.17, 15) is 13.2 Å². The van der Waals surface area contributed by atoms with Gasteiger partial charge in [0.1, 0.15) is 0 Å². The first-order valence-electron chi connectivity index (χ1n) is 10.7. The molecule has 170 valence electrons. The van der Waals surface area contributed by atoms with Crippen LogP contribution < -0.4 is 10.2 Å². The van der Waals surface area contributed by atoms with Crippen molar-refractivity contribution in [3.63, 3.8) is 0 Å². The van der Waals surface area contributed by atoms with Gasteiger partial charge in [-0.15, -0.1) is 0 Å². The Morgan fingerprint density at radius 3 is 2.45 bits per heavy atom. The van der Waals surface area contributed by atoms with Crippen molar-refractivity contribution in [3.05, 3.63) is 40.6 Å². The third-order valence-electron chi connectivity index (χ3n) is 5.65. The number of piperazine rings is 1. The van der Waals surface area contributed by atoms with E-state index in [1.807, 2.05) is 36.7 Å². The van der Waals surface area contributed by atoms with Crippen molar-refractivity contribution in [3.8, 4) is 0 Å². The molecule has 1 fully saturated rings. The van der Waals surface area contributed by atoms with Gasteiger partial charge in [-0.3, -0.25) is 4.79 Å². The van der Waals surface area contributed by atoms with E-state index in [0.717, 1.165) is 37.4 Å². The lowest BCUT2D eigenvalue weighted by molar-refractivity contribution is -0.116. The van der Waals surface area contributed by atoms with Crippen molar-refractivity contribution >= 4 is 38.6 Å². The maximum absolute atomic E-state index is 13.0. The molecule has 2 aromatic rings. The molecule has 2 heterocycles. The molecule has 1 amide bonds. The normalized spacial score (nSPS) is 15.4. The minimum Gasteiger partial charge on any atom is -0.367 e. The van der Waals surface area contributed by atoms with Gasteiger partial charge in [0, 0.05) is 45.7 Å². The summed E-state index contributed by atoms with van der Waals surface area (Å²) in [7, 11) is -1.52. The van der Waals surface area contributed by atoms with Crippen LogP contribution in [-0.4, -0.2) is 69.8 Å². The number of hydrogen-bond donors (Lipinski definition) is 1. The molecule has 0 unspecified atom stereocenters. The molecule has 0 radical (unpaired) electrons. The molecule has 1 aromatic heterocycles. The summed E-state index contributed by atoms with van der Waals surface area (Å²) in [5.74, 6) is -0.112. The number of anilines is 2. The number of carbonyl (C=O) groups excluding carboxylic acids is 1. The summed E-state index contributed by atoms with van der Waals surface area (Å²) in [6, 6.07) is 7.12. The van der Waals surface area contributed by atoms with Crippen LogP contribution in [0.1, 0.15) is 25.8 Å². The van der Waals surface area contributed by atoms with E-state index in [0.29, 0.717) is 31.6 Å². The van der Waals surface area contributed by atoms with Gasteiger partial charge in [-0.2, -0.15) is 15.6 Å². The average Bonchev–Trinajstić information content (AvgIpc) is 3.27. The van der Waals surface area contributed by atoms with Crippen molar-refractivity contribution < 1.29 is 13.2 Å². The third kappa shape index (κ3) is 5.85. The van der Waals surface area contributed by atoms with Gasteiger partial charge in [0.05, 0.1) is 16.3 Å². The van der Waals surface area contributed by atoms with Crippen molar-refractivity contribution in [1.82, 2.24) is 9.21 Å². The van der Waals surface area contributed by atoms with Crippen LogP contribution in [0.25, 0.3) is 0 Å². The topological polar surface area (TPSA) is 73.0 Å². The minimum atomic E-state index is -3.61. The van der Waals surface area contributed by atoms with E-state index in [2.05, 4.69) is 22.2 Å². The maximum Gasteiger partial charge on any atom is 0.243 e. The van der Waals surface area contributed by atoms with Gasteiger partial charge in [-0.1, -0.05) is 13.8 Å². The molecule has 0 aliphatic carbocycles. The molecular weight excluding hydrogens is 432 g/mol. The second-order valence-corrected chi connectivity index (χ2v) is 10.5. The smallest absolute Gasteiger partial charge is 0.243 e. The van der Waals surface area contributed by atoms with Crippen LogP contribution in [-0.2, 0) is 21.2 Å². The zero-order chi connectivity index (χ0) is 22.4. The fraction of sp³-hybridized carbons (Fsp3) is 0.500. The summed E-state index contributed by atoms with van der Waals surface area (Å²) in [5, 5.41) is 7.04. The van der Waals surface area contributed by atoms with Gasteiger partial charge >= 0.3 is 0 Å². The number of hydrogen-bond acceptors (Lipinski definition) is 6. The first-order valence-corrected chi connectivity index (χ1v) is 13.1. The number of nitrogens with zero attached hydrogens (tertiary/aromatic N) is 3. The van der Waals surface area contributed by atoms with Crippen LogP contribution in [0.15, 0.2) is 39.9 Å². The lowest BCUT2D eigenvalue weighted by Gasteiger charge is -2.35. The molecule has 1 aromatic carbocycles. The number of benzene rings is 1. The highest BCUT2D eigenvalue weighted by Crippen LogP contribution is 2.31. The molecule has 9 heteroatoms. The Morgan fingerprint density at radius 2 is 1.84 bits per heavy atom. The molecule has 7 nitrogen and oxygen atoms in total. The van der Waals surface area contributed by atoms with Crippen molar-refractivity contribution in [2.24, 2.45) is 0 Å². The molecule has 3 rings (SSSR count). The second kappa shape index (κ2) is 10.6. The van der Waals surface area contributed by atoms with E-state index < -0.39 is 10.0 Å². The molecule has 0 spiro atoms. The maximum atomic E-state index is 13.0. The van der Waals surface area contributed by atoms with E-state index in [-0.39, 0.29) is 10.8 Å². The lowest BCUT2D eigenvalue weighted by Crippen LogP contribution is -2.44. The summed E-state index contributed by atoms with van der Waals surface area (Å²) >= 11 is 1.61. The highest BCUT2D eigenvalue weighted by atomic mass is 32.2. The molecule has 1 saturated heterocycles. The lowest BCUT2D eigenvalue weighted by atomic mass is 10.1. The molecule has 1 aliphatic heterocycles. The summed E-state index contributed by atoms with van der Waals surface area (Å²) in [6.07, 6.45) is 1.02. The minimum absolute atomic E-state index is 0.112. The Morgan fingerprint density at radius 1 is 1.13 bits per heavy atom. The monoisotopic (exact) mass is 464 g/mol. The van der Waals surface area contributed by atoms with Crippen molar-refractivity contribution in [1.29, 1.82) is 0 Å². The average molecular weight is 465 g/mol. The Kier molecular flexibility index (Phi) is 8.10. The summed E-state index contributed by atoms with van der Waals surface area (Å²) in [5.41, 5.74) is 2.57.